The number of benzene rings is 2. The fourth-order valence-corrected chi connectivity index (χ4v) is 5.08. The predicted octanol–water partition coefficient (Wildman–Crippen LogP) is 5.15. The summed E-state index contributed by atoms with van der Waals surface area (Å²) in [6.07, 6.45) is 5.06. The number of carbonyl (C=O) groups is 1. The number of nitrogens with one attached hydrogen (secondary N) is 2. The molecule has 4 aromatic rings. The monoisotopic (exact) mass is 522 g/mol. The van der Waals surface area contributed by atoms with Gasteiger partial charge in [-0.15, -0.1) is 0 Å². The third-order valence-corrected chi connectivity index (χ3v) is 6.85. The molecule has 2 aromatic heterocycles. The molecule has 5 rings (SSSR count). The van der Waals surface area contributed by atoms with Crippen LogP contribution in [0.25, 0.3) is 11.1 Å². The number of fused-ring (bicyclic) bond motifs is 1. The van der Waals surface area contributed by atoms with E-state index in [0.29, 0.717) is 22.7 Å². The first-order valence-electron chi connectivity index (χ1n) is 12.1. The van der Waals surface area contributed by atoms with Crippen LogP contribution >= 0.6 is 11.6 Å². The van der Waals surface area contributed by atoms with Crippen molar-refractivity contribution in [1.82, 2.24) is 20.1 Å². The van der Waals surface area contributed by atoms with Gasteiger partial charge in [-0.25, -0.2) is 8.78 Å². The molecule has 0 spiro atoms. The third kappa shape index (κ3) is 5.64. The number of nitrogens with zero attached hydrogens (tertiary/aromatic N) is 2. The predicted molar refractivity (Wildman–Crippen MR) is 137 cm³/mol. The van der Waals surface area contributed by atoms with Crippen LogP contribution in [0.2, 0.25) is 5.02 Å². The second kappa shape index (κ2) is 10.7. The third-order valence-electron chi connectivity index (χ3n) is 6.60. The molecule has 1 aliphatic rings. The highest BCUT2D eigenvalue weighted by Gasteiger charge is 2.24. The Hall–Kier alpha value is -3.78. The fraction of sp³-hybridized carbons (Fsp3) is 0.250. The molecule has 1 amide bonds. The number of aromatic nitrogens is 3. The molecule has 0 saturated heterocycles. The summed E-state index contributed by atoms with van der Waals surface area (Å²) in [6, 6.07) is 13.5. The Morgan fingerprint density at radius 1 is 1.08 bits per heavy atom. The van der Waals surface area contributed by atoms with Crippen molar-refractivity contribution >= 4 is 17.5 Å². The summed E-state index contributed by atoms with van der Waals surface area (Å²) in [4.78, 5) is 30.2. The van der Waals surface area contributed by atoms with Gasteiger partial charge in [0.2, 0.25) is 5.91 Å². The van der Waals surface area contributed by atoms with Gasteiger partial charge in [0.25, 0.3) is 5.56 Å². The first kappa shape index (κ1) is 24.9. The molecule has 0 saturated carbocycles. The van der Waals surface area contributed by atoms with Crippen molar-refractivity contribution in [3.8, 4) is 11.1 Å². The van der Waals surface area contributed by atoms with Crippen LogP contribution in [0.5, 0.6) is 0 Å². The highest BCUT2D eigenvalue weighted by molar-refractivity contribution is 6.30. The number of carbonyl (C=O) groups excluding carboxylic acids is 1. The van der Waals surface area contributed by atoms with Crippen LogP contribution in [0.3, 0.4) is 0 Å². The number of hydrogen-bond donors (Lipinski definition) is 2. The van der Waals surface area contributed by atoms with E-state index in [1.165, 1.54) is 12.1 Å². The van der Waals surface area contributed by atoms with Gasteiger partial charge in [0, 0.05) is 34.1 Å². The van der Waals surface area contributed by atoms with E-state index < -0.39 is 17.7 Å². The Kier molecular flexibility index (Phi) is 7.19. The van der Waals surface area contributed by atoms with E-state index in [0.717, 1.165) is 47.7 Å². The molecule has 0 bridgehead atoms. The molecule has 0 fully saturated rings. The molecule has 1 unspecified atom stereocenters. The minimum absolute atomic E-state index is 0.0816. The normalized spacial score (nSPS) is 13.7. The lowest BCUT2D eigenvalue weighted by atomic mass is 9.95. The van der Waals surface area contributed by atoms with Gasteiger partial charge in [0.05, 0.1) is 11.7 Å². The Labute approximate surface area is 217 Å². The molecule has 9 heteroatoms. The number of rotatable bonds is 7. The van der Waals surface area contributed by atoms with Gasteiger partial charge in [-0.05, 0) is 73.6 Å². The zero-order valence-corrected chi connectivity index (χ0v) is 20.7. The summed E-state index contributed by atoms with van der Waals surface area (Å²) in [7, 11) is 0. The topological polar surface area (TPSA) is 79.8 Å². The van der Waals surface area contributed by atoms with Crippen molar-refractivity contribution in [2.75, 3.05) is 0 Å². The fourth-order valence-electron chi connectivity index (χ4n) is 4.96. The second-order valence-electron chi connectivity index (χ2n) is 9.20. The molecule has 2 aromatic carbocycles. The largest absolute Gasteiger partial charge is 0.346 e. The van der Waals surface area contributed by atoms with Crippen molar-refractivity contribution in [3.63, 3.8) is 0 Å². The first-order chi connectivity index (χ1) is 17.9. The van der Waals surface area contributed by atoms with Crippen LogP contribution in [-0.2, 0) is 30.6 Å². The Morgan fingerprint density at radius 3 is 2.57 bits per heavy atom. The van der Waals surface area contributed by atoms with Crippen LogP contribution < -0.4 is 10.9 Å². The van der Waals surface area contributed by atoms with Crippen LogP contribution in [0.1, 0.15) is 41.4 Å². The maximum Gasteiger partial charge on any atom is 0.267 e. The first-order valence-corrected chi connectivity index (χ1v) is 12.5. The van der Waals surface area contributed by atoms with Gasteiger partial charge in [-0.2, -0.15) is 0 Å². The van der Waals surface area contributed by atoms with Crippen molar-refractivity contribution in [1.29, 1.82) is 0 Å². The van der Waals surface area contributed by atoms with Gasteiger partial charge in [-0.1, -0.05) is 29.8 Å². The van der Waals surface area contributed by atoms with E-state index in [9.17, 15) is 18.4 Å². The van der Waals surface area contributed by atoms with Gasteiger partial charge in [0.1, 0.15) is 18.2 Å². The SMILES string of the molecule is O=C(Cn1[nH]c(=O)c2c1CCCC2)NC(Cc1cc(F)cc(F)c1)c1ncccc1-c1ccc(Cl)cc1. The van der Waals surface area contributed by atoms with Gasteiger partial charge >= 0.3 is 0 Å². The van der Waals surface area contributed by atoms with E-state index >= 15 is 0 Å². The number of H-pyrrole nitrogens is 1. The Morgan fingerprint density at radius 2 is 1.81 bits per heavy atom. The highest BCUT2D eigenvalue weighted by atomic mass is 35.5. The molecular formula is C28H25ClF2N4O2. The summed E-state index contributed by atoms with van der Waals surface area (Å²) in [6.45, 7) is -0.0816. The molecule has 37 heavy (non-hydrogen) atoms. The molecule has 190 valence electrons. The van der Waals surface area contributed by atoms with Crippen LogP contribution in [-0.4, -0.2) is 20.7 Å². The summed E-state index contributed by atoms with van der Waals surface area (Å²) in [5, 5.41) is 6.35. The molecule has 1 aliphatic carbocycles. The lowest BCUT2D eigenvalue weighted by Crippen LogP contribution is -2.34. The lowest BCUT2D eigenvalue weighted by molar-refractivity contribution is -0.122. The molecule has 2 heterocycles. The summed E-state index contributed by atoms with van der Waals surface area (Å²) < 4.78 is 29.6. The van der Waals surface area contributed by atoms with Gasteiger partial charge in [0.15, 0.2) is 0 Å². The van der Waals surface area contributed by atoms with Crippen molar-refractivity contribution in [3.05, 3.63) is 110 Å². The quantitative estimate of drug-likeness (QED) is 0.352. The van der Waals surface area contributed by atoms with Crippen molar-refractivity contribution in [2.45, 2.75) is 44.7 Å². The summed E-state index contributed by atoms with van der Waals surface area (Å²) in [5.41, 5.74) is 3.95. The average Bonchev–Trinajstić information content (AvgIpc) is 3.18. The maximum absolute atomic E-state index is 14.0. The van der Waals surface area contributed by atoms with Crippen LogP contribution in [0, 0.1) is 11.6 Å². The highest BCUT2D eigenvalue weighted by Crippen LogP contribution is 2.30. The van der Waals surface area contributed by atoms with Crippen molar-refractivity contribution in [2.24, 2.45) is 0 Å². The standard InChI is InChI=1S/C28H25ClF2N4O2/c29-19-9-7-18(8-10-19)22-5-3-11-32-27(22)24(14-17-12-20(30)15-21(31)13-17)33-26(36)16-35-25-6-2-1-4-23(25)28(37)34-35/h3,5,7-13,15,24H,1-2,4,6,14,16H2,(H,33,36)(H,34,37). The van der Waals surface area contributed by atoms with E-state index in [1.807, 2.05) is 18.2 Å². The summed E-state index contributed by atoms with van der Waals surface area (Å²) in [5.74, 6) is -1.75. The van der Waals surface area contributed by atoms with Crippen molar-refractivity contribution < 1.29 is 13.6 Å². The molecule has 0 aliphatic heterocycles. The number of hydrogen-bond acceptors (Lipinski definition) is 3. The number of pyridine rings is 1. The van der Waals surface area contributed by atoms with E-state index in [1.54, 1.807) is 29.1 Å². The van der Waals surface area contributed by atoms with E-state index in [2.05, 4.69) is 15.4 Å². The molecule has 6 nitrogen and oxygen atoms in total. The lowest BCUT2D eigenvalue weighted by Gasteiger charge is -2.22. The number of amides is 1. The number of aromatic amines is 1. The average molecular weight is 523 g/mol. The second-order valence-corrected chi connectivity index (χ2v) is 9.64. The molecule has 1 atom stereocenters. The zero-order chi connectivity index (χ0) is 25.9. The van der Waals surface area contributed by atoms with E-state index in [4.69, 9.17) is 11.6 Å². The maximum atomic E-state index is 14.0. The Balaban J connectivity index is 1.48. The molecular weight excluding hydrogens is 498 g/mol. The summed E-state index contributed by atoms with van der Waals surface area (Å²) >= 11 is 6.07. The minimum Gasteiger partial charge on any atom is -0.346 e. The zero-order valence-electron chi connectivity index (χ0n) is 19.9. The molecule has 0 radical (unpaired) electrons. The minimum atomic E-state index is -0.699. The van der Waals surface area contributed by atoms with Gasteiger partial charge < -0.3 is 5.32 Å². The van der Waals surface area contributed by atoms with E-state index in [-0.39, 0.29) is 24.4 Å². The number of halogens is 3. The smallest absolute Gasteiger partial charge is 0.267 e. The molecule has 2 N–H and O–H groups in total. The van der Waals surface area contributed by atoms with Gasteiger partial charge in [-0.3, -0.25) is 24.4 Å². The van der Waals surface area contributed by atoms with Crippen LogP contribution in [0.15, 0.2) is 65.6 Å². The Bertz CT molecular complexity index is 1480. The van der Waals surface area contributed by atoms with Crippen LogP contribution in [0.4, 0.5) is 8.78 Å².